The molecule has 7 heteroatoms. The van der Waals surface area contributed by atoms with E-state index in [4.69, 9.17) is 0 Å². The lowest BCUT2D eigenvalue weighted by Crippen LogP contribution is -2.43. The monoisotopic (exact) mass is 330 g/mol. The number of hydrogen-bond acceptors (Lipinski definition) is 3. The first-order valence-corrected chi connectivity index (χ1v) is 7.87. The van der Waals surface area contributed by atoms with Crippen molar-refractivity contribution >= 4 is 17.5 Å². The molecular formula is C17H19FN4O2. The third kappa shape index (κ3) is 3.61. The van der Waals surface area contributed by atoms with Gasteiger partial charge in [-0.3, -0.25) is 14.3 Å². The summed E-state index contributed by atoms with van der Waals surface area (Å²) in [7, 11) is 1.78. The first-order chi connectivity index (χ1) is 11.5. The van der Waals surface area contributed by atoms with E-state index in [-0.39, 0.29) is 23.5 Å². The minimum absolute atomic E-state index is 0.111. The molecule has 1 aromatic carbocycles. The van der Waals surface area contributed by atoms with Crippen molar-refractivity contribution in [2.45, 2.75) is 12.8 Å². The summed E-state index contributed by atoms with van der Waals surface area (Å²) >= 11 is 0. The molecule has 0 unspecified atom stereocenters. The first kappa shape index (κ1) is 16.2. The molecule has 126 valence electrons. The number of carbonyl (C=O) groups is 2. The molecule has 0 aliphatic carbocycles. The quantitative estimate of drug-likeness (QED) is 0.936. The van der Waals surface area contributed by atoms with Crippen LogP contribution < -0.4 is 5.32 Å². The van der Waals surface area contributed by atoms with Gasteiger partial charge in [-0.15, -0.1) is 0 Å². The molecule has 1 aromatic heterocycles. The third-order valence-corrected chi connectivity index (χ3v) is 4.14. The van der Waals surface area contributed by atoms with Crippen molar-refractivity contribution in [1.29, 1.82) is 0 Å². The molecule has 24 heavy (non-hydrogen) atoms. The molecule has 1 N–H and O–H groups in total. The third-order valence-electron chi connectivity index (χ3n) is 4.14. The molecule has 2 amide bonds. The smallest absolute Gasteiger partial charge is 0.253 e. The van der Waals surface area contributed by atoms with Crippen LogP contribution in [-0.4, -0.2) is 39.6 Å². The second kappa shape index (κ2) is 6.82. The van der Waals surface area contributed by atoms with Crippen LogP contribution in [-0.2, 0) is 11.8 Å². The number of hydrogen-bond donors (Lipinski definition) is 1. The zero-order valence-corrected chi connectivity index (χ0v) is 13.4. The molecule has 2 aromatic rings. The van der Waals surface area contributed by atoms with E-state index in [9.17, 15) is 14.0 Å². The second-order valence-corrected chi connectivity index (χ2v) is 5.99. The minimum Gasteiger partial charge on any atom is -0.338 e. The van der Waals surface area contributed by atoms with Crippen LogP contribution in [0.4, 0.5) is 10.1 Å². The van der Waals surface area contributed by atoms with Crippen LogP contribution in [0.2, 0.25) is 0 Å². The second-order valence-electron chi connectivity index (χ2n) is 5.99. The number of carbonyl (C=O) groups excluding carboxylic acids is 2. The van der Waals surface area contributed by atoms with Crippen molar-refractivity contribution < 1.29 is 14.0 Å². The highest BCUT2D eigenvalue weighted by Gasteiger charge is 2.29. The number of aromatic nitrogens is 2. The van der Waals surface area contributed by atoms with Crippen LogP contribution in [0.25, 0.3) is 0 Å². The van der Waals surface area contributed by atoms with Crippen LogP contribution in [0, 0.1) is 11.7 Å². The van der Waals surface area contributed by atoms with Gasteiger partial charge in [-0.05, 0) is 37.1 Å². The number of nitrogens with one attached hydrogen (secondary N) is 1. The minimum atomic E-state index is -0.376. The van der Waals surface area contributed by atoms with Gasteiger partial charge in [0.2, 0.25) is 5.91 Å². The molecule has 6 nitrogen and oxygen atoms in total. The summed E-state index contributed by atoms with van der Waals surface area (Å²) in [6, 6.07) is 5.47. The Morgan fingerprint density at radius 3 is 2.71 bits per heavy atom. The van der Waals surface area contributed by atoms with Crippen LogP contribution in [0.3, 0.4) is 0 Å². The van der Waals surface area contributed by atoms with E-state index >= 15 is 0 Å². The molecule has 3 rings (SSSR count). The van der Waals surface area contributed by atoms with Gasteiger partial charge in [0.1, 0.15) is 5.82 Å². The average molecular weight is 330 g/mol. The molecule has 0 radical (unpaired) electrons. The Morgan fingerprint density at radius 1 is 1.29 bits per heavy atom. The summed E-state index contributed by atoms with van der Waals surface area (Å²) in [4.78, 5) is 26.5. The zero-order valence-electron chi connectivity index (χ0n) is 13.4. The van der Waals surface area contributed by atoms with E-state index in [0.29, 0.717) is 24.3 Å². The summed E-state index contributed by atoms with van der Waals surface area (Å²) in [6.07, 6.45) is 4.81. The number of anilines is 1. The molecule has 1 aliphatic heterocycles. The number of aryl methyl sites for hydroxylation is 1. The predicted molar refractivity (Wildman–Crippen MR) is 86.9 cm³/mol. The van der Waals surface area contributed by atoms with Crippen molar-refractivity contribution in [2.24, 2.45) is 13.0 Å². The maximum atomic E-state index is 13.0. The van der Waals surface area contributed by atoms with Crippen molar-refractivity contribution in [3.63, 3.8) is 0 Å². The highest BCUT2D eigenvalue weighted by atomic mass is 19.1. The fraction of sp³-hybridized carbons (Fsp3) is 0.353. The fourth-order valence-electron chi connectivity index (χ4n) is 2.88. The van der Waals surface area contributed by atoms with Gasteiger partial charge in [0.05, 0.1) is 17.8 Å². The van der Waals surface area contributed by atoms with E-state index in [1.165, 1.54) is 24.3 Å². The average Bonchev–Trinajstić information content (AvgIpc) is 3.00. The molecule has 0 bridgehead atoms. The maximum Gasteiger partial charge on any atom is 0.253 e. The summed E-state index contributed by atoms with van der Waals surface area (Å²) in [5.74, 6) is -0.921. The summed E-state index contributed by atoms with van der Waals surface area (Å²) in [5, 5.41) is 6.84. The Labute approximate surface area is 139 Å². The Morgan fingerprint density at radius 2 is 2.04 bits per heavy atom. The number of rotatable bonds is 3. The summed E-state index contributed by atoms with van der Waals surface area (Å²) in [6.45, 7) is 0.967. The molecule has 0 saturated carbocycles. The predicted octanol–water partition coefficient (Wildman–Crippen LogP) is 2.05. The van der Waals surface area contributed by atoms with Gasteiger partial charge < -0.3 is 10.2 Å². The van der Waals surface area contributed by atoms with Gasteiger partial charge in [0.25, 0.3) is 5.91 Å². The van der Waals surface area contributed by atoms with Crippen LogP contribution in [0.5, 0.6) is 0 Å². The van der Waals surface area contributed by atoms with Gasteiger partial charge in [0, 0.05) is 31.9 Å². The van der Waals surface area contributed by atoms with Crippen LogP contribution >= 0.6 is 0 Å². The van der Waals surface area contributed by atoms with E-state index in [2.05, 4.69) is 10.4 Å². The van der Waals surface area contributed by atoms with Gasteiger partial charge in [-0.1, -0.05) is 0 Å². The Hall–Kier alpha value is -2.70. The lowest BCUT2D eigenvalue weighted by Gasteiger charge is -2.32. The molecule has 2 heterocycles. The Kier molecular flexibility index (Phi) is 4.59. The molecule has 1 atom stereocenters. The van der Waals surface area contributed by atoms with E-state index in [1.54, 1.807) is 29.0 Å². The SMILES string of the molecule is Cn1cc(NC(=O)[C@@H]2CCCN(C(=O)c3ccc(F)cc3)C2)cn1. The highest BCUT2D eigenvalue weighted by molar-refractivity contribution is 5.96. The van der Waals surface area contributed by atoms with Crippen LogP contribution in [0.15, 0.2) is 36.7 Å². The molecule has 1 aliphatic rings. The summed E-state index contributed by atoms with van der Waals surface area (Å²) in [5.41, 5.74) is 1.08. The van der Waals surface area contributed by atoms with E-state index < -0.39 is 0 Å². The van der Waals surface area contributed by atoms with Gasteiger partial charge >= 0.3 is 0 Å². The Bertz CT molecular complexity index is 741. The highest BCUT2D eigenvalue weighted by Crippen LogP contribution is 2.20. The maximum absolute atomic E-state index is 13.0. The number of benzene rings is 1. The van der Waals surface area contributed by atoms with E-state index in [0.717, 1.165) is 12.8 Å². The van der Waals surface area contributed by atoms with Gasteiger partial charge in [0.15, 0.2) is 0 Å². The van der Waals surface area contributed by atoms with Gasteiger partial charge in [-0.2, -0.15) is 5.10 Å². The fourth-order valence-corrected chi connectivity index (χ4v) is 2.88. The number of nitrogens with zero attached hydrogens (tertiary/aromatic N) is 3. The van der Waals surface area contributed by atoms with E-state index in [1.807, 2.05) is 0 Å². The number of likely N-dealkylation sites (tertiary alicyclic amines) is 1. The molecule has 1 fully saturated rings. The molecule has 0 spiro atoms. The lowest BCUT2D eigenvalue weighted by atomic mass is 9.96. The topological polar surface area (TPSA) is 67.2 Å². The number of halogens is 1. The molecule has 1 saturated heterocycles. The first-order valence-electron chi connectivity index (χ1n) is 7.87. The zero-order chi connectivity index (χ0) is 17.1. The van der Waals surface area contributed by atoms with Crippen molar-refractivity contribution in [3.8, 4) is 0 Å². The van der Waals surface area contributed by atoms with Crippen molar-refractivity contribution in [3.05, 3.63) is 48.0 Å². The lowest BCUT2D eigenvalue weighted by molar-refractivity contribution is -0.121. The standard InChI is InChI=1S/C17H19FN4O2/c1-21-11-15(9-19-21)20-16(23)13-3-2-8-22(10-13)17(24)12-4-6-14(18)7-5-12/h4-7,9,11,13H,2-3,8,10H2,1H3,(H,20,23)/t13-/m1/s1. The normalized spacial score (nSPS) is 17.6. The largest absolute Gasteiger partial charge is 0.338 e. The van der Waals surface area contributed by atoms with Crippen LogP contribution in [0.1, 0.15) is 23.2 Å². The summed E-state index contributed by atoms with van der Waals surface area (Å²) < 4.78 is 14.6. The van der Waals surface area contributed by atoms with Gasteiger partial charge in [-0.25, -0.2) is 4.39 Å². The number of amides is 2. The molecular weight excluding hydrogens is 311 g/mol. The van der Waals surface area contributed by atoms with Crippen molar-refractivity contribution in [1.82, 2.24) is 14.7 Å². The Balaban J connectivity index is 1.64. The number of piperidine rings is 1. The van der Waals surface area contributed by atoms with Crippen molar-refractivity contribution in [2.75, 3.05) is 18.4 Å².